The molecular formula is C17H30N2OS. The van der Waals surface area contributed by atoms with E-state index in [2.05, 4.69) is 38.0 Å². The van der Waals surface area contributed by atoms with Crippen LogP contribution in [0.3, 0.4) is 0 Å². The minimum absolute atomic E-state index is 0.419. The predicted octanol–water partition coefficient (Wildman–Crippen LogP) is 4.94. The predicted molar refractivity (Wildman–Crippen MR) is 90.8 cm³/mol. The van der Waals surface area contributed by atoms with Gasteiger partial charge in [0, 0.05) is 12.7 Å². The monoisotopic (exact) mass is 310 g/mol. The van der Waals surface area contributed by atoms with E-state index in [-0.39, 0.29) is 0 Å². The topological polar surface area (TPSA) is 34.2 Å². The molecule has 1 aliphatic carbocycles. The van der Waals surface area contributed by atoms with Gasteiger partial charge < -0.3 is 10.1 Å². The van der Waals surface area contributed by atoms with E-state index in [4.69, 9.17) is 4.74 Å². The fourth-order valence-electron chi connectivity index (χ4n) is 3.18. The third-order valence-corrected chi connectivity index (χ3v) is 5.41. The normalized spacial score (nSPS) is 26.2. The van der Waals surface area contributed by atoms with Crippen LogP contribution in [-0.4, -0.2) is 17.6 Å². The van der Waals surface area contributed by atoms with Gasteiger partial charge in [-0.25, -0.2) is 4.98 Å². The summed E-state index contributed by atoms with van der Waals surface area (Å²) in [6, 6.07) is 0. The second-order valence-corrected chi connectivity index (χ2v) is 7.85. The van der Waals surface area contributed by atoms with E-state index in [0.717, 1.165) is 24.0 Å². The zero-order valence-electron chi connectivity index (χ0n) is 13.9. The number of aromatic nitrogens is 1. The lowest BCUT2D eigenvalue weighted by Gasteiger charge is -2.37. The van der Waals surface area contributed by atoms with Crippen LogP contribution in [0.4, 0.5) is 5.13 Å². The van der Waals surface area contributed by atoms with Gasteiger partial charge in [-0.3, -0.25) is 0 Å². The van der Waals surface area contributed by atoms with Crippen LogP contribution in [-0.2, 0) is 11.3 Å². The van der Waals surface area contributed by atoms with Crippen molar-refractivity contribution in [2.75, 3.05) is 11.9 Å². The molecule has 0 aliphatic heterocycles. The van der Waals surface area contributed by atoms with Crippen molar-refractivity contribution in [3.05, 3.63) is 11.1 Å². The Bertz CT molecular complexity index is 419. The molecule has 2 rings (SSSR count). The molecule has 1 heterocycles. The van der Waals surface area contributed by atoms with Gasteiger partial charge >= 0.3 is 0 Å². The van der Waals surface area contributed by atoms with Crippen molar-refractivity contribution in [2.45, 2.75) is 66.1 Å². The highest BCUT2D eigenvalue weighted by Gasteiger charge is 2.31. The lowest BCUT2D eigenvalue weighted by Crippen LogP contribution is -2.34. The average molecular weight is 311 g/mol. The van der Waals surface area contributed by atoms with E-state index >= 15 is 0 Å². The number of nitrogens with one attached hydrogen (secondary N) is 1. The smallest absolute Gasteiger partial charge is 0.182 e. The van der Waals surface area contributed by atoms with E-state index in [1.54, 1.807) is 11.3 Å². The van der Waals surface area contributed by atoms with Crippen molar-refractivity contribution in [2.24, 2.45) is 17.8 Å². The maximum Gasteiger partial charge on any atom is 0.182 e. The fourth-order valence-corrected chi connectivity index (χ4v) is 3.94. The van der Waals surface area contributed by atoms with Crippen LogP contribution in [0.2, 0.25) is 0 Å². The molecule has 0 aromatic carbocycles. The van der Waals surface area contributed by atoms with E-state index in [9.17, 15) is 0 Å². The van der Waals surface area contributed by atoms with Gasteiger partial charge in [0.1, 0.15) is 0 Å². The van der Waals surface area contributed by atoms with E-state index < -0.39 is 0 Å². The van der Waals surface area contributed by atoms with Crippen molar-refractivity contribution in [3.8, 4) is 0 Å². The number of rotatable bonds is 7. The molecule has 3 nitrogen and oxygen atoms in total. The van der Waals surface area contributed by atoms with E-state index in [0.29, 0.717) is 24.5 Å². The standard InChI is InChI=1S/C17H30N2OS/c1-5-8-18-17-19-10-14(21-17)11-20-16-9-13(4)6-7-15(16)12(2)3/h10,12-13,15-16H,5-9,11H2,1-4H3,(H,18,19). The van der Waals surface area contributed by atoms with Gasteiger partial charge in [0.15, 0.2) is 5.13 Å². The van der Waals surface area contributed by atoms with Crippen LogP contribution in [0.1, 0.15) is 58.3 Å². The summed E-state index contributed by atoms with van der Waals surface area (Å²) in [6.45, 7) is 10.9. The Labute approximate surface area is 133 Å². The number of ether oxygens (including phenoxy) is 1. The molecule has 1 aromatic rings. The SMILES string of the molecule is CCCNc1ncc(COC2CC(C)CCC2C(C)C)s1. The summed E-state index contributed by atoms with van der Waals surface area (Å²) in [5.74, 6) is 2.23. The zero-order valence-corrected chi connectivity index (χ0v) is 14.7. The highest BCUT2D eigenvalue weighted by atomic mass is 32.1. The first-order valence-electron chi connectivity index (χ1n) is 8.40. The lowest BCUT2D eigenvalue weighted by atomic mass is 9.75. The van der Waals surface area contributed by atoms with E-state index in [1.165, 1.54) is 24.1 Å². The van der Waals surface area contributed by atoms with Crippen molar-refractivity contribution >= 4 is 16.5 Å². The van der Waals surface area contributed by atoms with Gasteiger partial charge in [-0.15, -0.1) is 0 Å². The van der Waals surface area contributed by atoms with Gasteiger partial charge in [-0.1, -0.05) is 45.5 Å². The molecule has 1 fully saturated rings. The molecule has 3 unspecified atom stereocenters. The number of anilines is 1. The van der Waals surface area contributed by atoms with Crippen molar-refractivity contribution < 1.29 is 4.74 Å². The molecule has 1 N–H and O–H groups in total. The summed E-state index contributed by atoms with van der Waals surface area (Å²) in [7, 11) is 0. The second kappa shape index (κ2) is 8.14. The fraction of sp³-hybridized carbons (Fsp3) is 0.824. The molecule has 0 bridgehead atoms. The maximum absolute atomic E-state index is 6.27. The number of hydrogen-bond acceptors (Lipinski definition) is 4. The number of nitrogens with zero attached hydrogens (tertiary/aromatic N) is 1. The van der Waals surface area contributed by atoms with Gasteiger partial charge in [-0.05, 0) is 37.0 Å². The van der Waals surface area contributed by atoms with Crippen molar-refractivity contribution in [1.29, 1.82) is 0 Å². The summed E-state index contributed by atoms with van der Waals surface area (Å²) in [4.78, 5) is 5.64. The maximum atomic E-state index is 6.27. The van der Waals surface area contributed by atoms with Gasteiger partial charge in [0.05, 0.1) is 17.6 Å². The van der Waals surface area contributed by atoms with Crippen molar-refractivity contribution in [1.82, 2.24) is 4.98 Å². The molecule has 21 heavy (non-hydrogen) atoms. The van der Waals surface area contributed by atoms with Crippen LogP contribution < -0.4 is 5.32 Å². The molecule has 120 valence electrons. The molecule has 1 aliphatic rings. The molecular weight excluding hydrogens is 280 g/mol. The Balaban J connectivity index is 1.86. The van der Waals surface area contributed by atoms with Gasteiger partial charge in [-0.2, -0.15) is 0 Å². The first-order valence-corrected chi connectivity index (χ1v) is 9.22. The first kappa shape index (κ1) is 16.8. The highest BCUT2D eigenvalue weighted by Crippen LogP contribution is 2.36. The Kier molecular flexibility index (Phi) is 6.49. The lowest BCUT2D eigenvalue weighted by molar-refractivity contribution is -0.0464. The average Bonchev–Trinajstić information content (AvgIpc) is 2.90. The van der Waals surface area contributed by atoms with Crippen LogP contribution in [0.25, 0.3) is 0 Å². The third-order valence-electron chi connectivity index (χ3n) is 4.48. The molecule has 0 saturated heterocycles. The number of hydrogen-bond donors (Lipinski definition) is 1. The van der Waals surface area contributed by atoms with Gasteiger partial charge in [0.25, 0.3) is 0 Å². The summed E-state index contributed by atoms with van der Waals surface area (Å²) >= 11 is 1.72. The van der Waals surface area contributed by atoms with Crippen LogP contribution in [0.5, 0.6) is 0 Å². The van der Waals surface area contributed by atoms with Crippen LogP contribution >= 0.6 is 11.3 Å². The molecule has 3 atom stereocenters. The minimum Gasteiger partial charge on any atom is -0.372 e. The second-order valence-electron chi connectivity index (χ2n) is 6.73. The van der Waals surface area contributed by atoms with Crippen molar-refractivity contribution in [3.63, 3.8) is 0 Å². The Morgan fingerprint density at radius 1 is 1.43 bits per heavy atom. The Hall–Kier alpha value is -0.610. The summed E-state index contributed by atoms with van der Waals surface area (Å²) in [5, 5.41) is 4.36. The van der Waals surface area contributed by atoms with Gasteiger partial charge in [0.2, 0.25) is 0 Å². The molecule has 1 saturated carbocycles. The number of thiazole rings is 1. The molecule has 0 amide bonds. The quantitative estimate of drug-likeness (QED) is 0.774. The molecule has 0 spiro atoms. The summed E-state index contributed by atoms with van der Waals surface area (Å²) in [6.07, 6.45) is 7.38. The Morgan fingerprint density at radius 2 is 2.24 bits per heavy atom. The minimum atomic E-state index is 0.419. The zero-order chi connectivity index (χ0) is 15.2. The largest absolute Gasteiger partial charge is 0.372 e. The third kappa shape index (κ3) is 4.96. The van der Waals surface area contributed by atoms with Crippen LogP contribution in [0.15, 0.2) is 6.20 Å². The molecule has 4 heteroatoms. The Morgan fingerprint density at radius 3 is 2.95 bits per heavy atom. The molecule has 0 radical (unpaired) electrons. The van der Waals surface area contributed by atoms with E-state index in [1.807, 2.05) is 6.20 Å². The highest BCUT2D eigenvalue weighted by molar-refractivity contribution is 7.15. The summed E-state index contributed by atoms with van der Waals surface area (Å²) < 4.78 is 6.27. The van der Waals surface area contributed by atoms with Crippen LogP contribution in [0, 0.1) is 17.8 Å². The summed E-state index contributed by atoms with van der Waals surface area (Å²) in [5.41, 5.74) is 0. The first-order chi connectivity index (χ1) is 10.1. The molecule has 1 aromatic heterocycles.